The molecule has 1 rings (SSSR count). The Labute approximate surface area is 70.4 Å². The van der Waals surface area contributed by atoms with Crippen LogP contribution in [-0.4, -0.2) is 12.1 Å². The van der Waals surface area contributed by atoms with Crippen LogP contribution in [0.4, 0.5) is 0 Å². The highest BCUT2D eigenvalue weighted by molar-refractivity contribution is 7.09. The Hall–Kier alpha value is -0.450. The summed E-state index contributed by atoms with van der Waals surface area (Å²) in [6.45, 7) is 4.01. The fraction of sp³-hybridized carbons (Fsp3) is 0.571. The van der Waals surface area contributed by atoms with E-state index in [9.17, 15) is 0 Å². The first kappa shape index (κ1) is 8.64. The number of rotatable bonds is 3. The molecule has 0 saturated carbocycles. The molecule has 62 valence electrons. The highest BCUT2D eigenvalue weighted by Gasteiger charge is 2.06. The summed E-state index contributed by atoms with van der Waals surface area (Å²) in [5, 5.41) is 3.12. The number of aromatic nitrogens is 1. The smallest absolute Gasteiger partial charge is 0.0898 e. The van der Waals surface area contributed by atoms with Gasteiger partial charge >= 0.3 is 0 Å². The molecule has 1 aromatic heterocycles. The van der Waals surface area contributed by atoms with Crippen molar-refractivity contribution in [2.24, 2.45) is 0 Å². The minimum Gasteiger partial charge on any atom is -0.304 e. The zero-order valence-electron chi connectivity index (χ0n) is 6.92. The predicted molar refractivity (Wildman–Crippen MR) is 45.4 cm³/mol. The highest BCUT2D eigenvalue weighted by Crippen LogP contribution is 2.14. The summed E-state index contributed by atoms with van der Waals surface area (Å²) in [5.74, 6) is 0. The first-order valence-electron chi connectivity index (χ1n) is 3.44. The second-order valence-corrected chi connectivity index (χ2v) is 3.40. The molecule has 1 atom stereocenters. The lowest BCUT2D eigenvalue weighted by Crippen LogP contribution is -2.16. The summed E-state index contributed by atoms with van der Waals surface area (Å²) in [4.78, 5) is 9.09. The van der Waals surface area contributed by atoms with Crippen LogP contribution in [0.3, 0.4) is 0 Å². The molecule has 0 fully saturated rings. The molecule has 4 heteroatoms. The van der Waals surface area contributed by atoms with E-state index in [1.54, 1.807) is 18.4 Å². The molecule has 1 N–H and O–H groups in total. The molecule has 0 saturated heterocycles. The second kappa shape index (κ2) is 3.80. The molecule has 0 aromatic carbocycles. The number of aryl methyl sites for hydroxylation is 1. The Morgan fingerprint density at radius 3 is 2.91 bits per heavy atom. The number of hydroxylamine groups is 1. The Morgan fingerprint density at radius 2 is 2.45 bits per heavy atom. The van der Waals surface area contributed by atoms with E-state index < -0.39 is 0 Å². The topological polar surface area (TPSA) is 34.1 Å². The Balaban J connectivity index is 2.60. The molecule has 1 aromatic rings. The van der Waals surface area contributed by atoms with Gasteiger partial charge in [-0.15, -0.1) is 11.3 Å². The van der Waals surface area contributed by atoms with Gasteiger partial charge in [0.05, 0.1) is 23.9 Å². The average molecular weight is 172 g/mol. The minimum atomic E-state index is 0.171. The maximum atomic E-state index is 4.78. The number of thiazole rings is 1. The van der Waals surface area contributed by atoms with Crippen LogP contribution < -0.4 is 5.48 Å². The lowest BCUT2D eigenvalue weighted by atomic mass is 10.3. The average Bonchev–Trinajstić information content (AvgIpc) is 2.36. The highest BCUT2D eigenvalue weighted by atomic mass is 32.1. The molecule has 0 amide bonds. The van der Waals surface area contributed by atoms with E-state index in [1.807, 2.05) is 19.2 Å². The van der Waals surface area contributed by atoms with Gasteiger partial charge in [0.15, 0.2) is 0 Å². The monoisotopic (exact) mass is 172 g/mol. The van der Waals surface area contributed by atoms with Crippen molar-refractivity contribution in [2.75, 3.05) is 7.11 Å². The van der Waals surface area contributed by atoms with Gasteiger partial charge < -0.3 is 4.84 Å². The van der Waals surface area contributed by atoms with E-state index in [0.29, 0.717) is 0 Å². The van der Waals surface area contributed by atoms with Gasteiger partial charge in [0.1, 0.15) is 0 Å². The first-order valence-corrected chi connectivity index (χ1v) is 4.32. The van der Waals surface area contributed by atoms with E-state index in [1.165, 1.54) is 0 Å². The van der Waals surface area contributed by atoms with Crippen molar-refractivity contribution >= 4 is 11.3 Å². The van der Waals surface area contributed by atoms with Crippen LogP contribution in [0.1, 0.15) is 23.7 Å². The van der Waals surface area contributed by atoms with Crippen LogP contribution >= 0.6 is 11.3 Å². The Bertz CT molecular complexity index is 224. The summed E-state index contributed by atoms with van der Waals surface area (Å²) in [5.41, 5.74) is 3.86. The summed E-state index contributed by atoms with van der Waals surface area (Å²) in [7, 11) is 1.61. The van der Waals surface area contributed by atoms with Crippen LogP contribution in [-0.2, 0) is 4.84 Å². The molecular weight excluding hydrogens is 160 g/mol. The van der Waals surface area contributed by atoms with Crippen molar-refractivity contribution in [1.29, 1.82) is 0 Å². The van der Waals surface area contributed by atoms with Gasteiger partial charge in [-0.05, 0) is 13.8 Å². The zero-order valence-corrected chi connectivity index (χ0v) is 7.73. The minimum absolute atomic E-state index is 0.171. The number of nitrogens with one attached hydrogen (secondary N) is 1. The molecule has 0 bridgehead atoms. The molecule has 0 radical (unpaired) electrons. The third-order valence-electron chi connectivity index (χ3n) is 1.38. The molecule has 0 spiro atoms. The number of nitrogens with zero attached hydrogens (tertiary/aromatic N) is 1. The molecule has 0 aliphatic rings. The number of hydrogen-bond acceptors (Lipinski definition) is 4. The van der Waals surface area contributed by atoms with Crippen molar-refractivity contribution < 1.29 is 4.84 Å². The zero-order chi connectivity index (χ0) is 8.27. The molecule has 3 nitrogen and oxygen atoms in total. The van der Waals surface area contributed by atoms with Gasteiger partial charge in [-0.3, -0.25) is 0 Å². The van der Waals surface area contributed by atoms with Crippen LogP contribution in [0, 0.1) is 6.92 Å². The molecule has 0 aliphatic heterocycles. The van der Waals surface area contributed by atoms with Crippen molar-refractivity contribution in [3.05, 3.63) is 16.1 Å². The standard InChI is InChI=1S/C7H12N2OS/c1-5(9-10-3)7-4-11-6(2)8-7/h4-5,9H,1-3H3/t5-/m1/s1. The third kappa shape index (κ3) is 2.25. The quantitative estimate of drug-likeness (QED) is 0.704. The van der Waals surface area contributed by atoms with E-state index in [0.717, 1.165) is 10.7 Å². The predicted octanol–water partition coefficient (Wildman–Crippen LogP) is 1.66. The molecule has 11 heavy (non-hydrogen) atoms. The summed E-state index contributed by atoms with van der Waals surface area (Å²) in [6, 6.07) is 0.171. The fourth-order valence-electron chi connectivity index (χ4n) is 0.816. The van der Waals surface area contributed by atoms with Crippen molar-refractivity contribution in [3.8, 4) is 0 Å². The van der Waals surface area contributed by atoms with Gasteiger partial charge in [0.2, 0.25) is 0 Å². The van der Waals surface area contributed by atoms with Crippen LogP contribution in [0.5, 0.6) is 0 Å². The van der Waals surface area contributed by atoms with Gasteiger partial charge in [0, 0.05) is 5.38 Å². The third-order valence-corrected chi connectivity index (χ3v) is 2.17. The van der Waals surface area contributed by atoms with Gasteiger partial charge in [-0.25, -0.2) is 4.98 Å². The molecule has 0 aliphatic carbocycles. The first-order chi connectivity index (χ1) is 5.24. The van der Waals surface area contributed by atoms with Crippen LogP contribution in [0.15, 0.2) is 5.38 Å². The van der Waals surface area contributed by atoms with Crippen LogP contribution in [0.2, 0.25) is 0 Å². The van der Waals surface area contributed by atoms with Gasteiger partial charge in [0.25, 0.3) is 0 Å². The maximum Gasteiger partial charge on any atom is 0.0898 e. The van der Waals surface area contributed by atoms with Gasteiger partial charge in [-0.1, -0.05) is 0 Å². The van der Waals surface area contributed by atoms with Crippen molar-refractivity contribution in [3.63, 3.8) is 0 Å². The Kier molecular flexibility index (Phi) is 2.99. The lowest BCUT2D eigenvalue weighted by Gasteiger charge is -2.07. The largest absolute Gasteiger partial charge is 0.304 e. The van der Waals surface area contributed by atoms with Gasteiger partial charge in [-0.2, -0.15) is 5.48 Å². The molecule has 1 heterocycles. The maximum absolute atomic E-state index is 4.78. The fourth-order valence-corrected chi connectivity index (χ4v) is 1.52. The van der Waals surface area contributed by atoms with E-state index >= 15 is 0 Å². The summed E-state index contributed by atoms with van der Waals surface area (Å²) < 4.78 is 0. The summed E-state index contributed by atoms with van der Waals surface area (Å²) >= 11 is 1.65. The summed E-state index contributed by atoms with van der Waals surface area (Å²) in [6.07, 6.45) is 0. The molecular formula is C7H12N2OS. The van der Waals surface area contributed by atoms with E-state index in [2.05, 4.69) is 10.5 Å². The van der Waals surface area contributed by atoms with Crippen molar-refractivity contribution in [1.82, 2.24) is 10.5 Å². The lowest BCUT2D eigenvalue weighted by molar-refractivity contribution is 0.0648. The Morgan fingerprint density at radius 1 is 1.73 bits per heavy atom. The van der Waals surface area contributed by atoms with Crippen LogP contribution in [0.25, 0.3) is 0 Å². The number of hydrogen-bond donors (Lipinski definition) is 1. The molecule has 0 unspecified atom stereocenters. The van der Waals surface area contributed by atoms with E-state index in [-0.39, 0.29) is 6.04 Å². The normalized spacial score (nSPS) is 13.4. The van der Waals surface area contributed by atoms with Crippen molar-refractivity contribution in [2.45, 2.75) is 19.9 Å². The SMILES string of the molecule is CON[C@H](C)c1csc(C)n1. The van der Waals surface area contributed by atoms with E-state index in [4.69, 9.17) is 4.84 Å². The second-order valence-electron chi connectivity index (χ2n) is 2.34.